The van der Waals surface area contributed by atoms with Crippen LogP contribution >= 0.6 is 0 Å². The van der Waals surface area contributed by atoms with E-state index in [1.54, 1.807) is 0 Å². The van der Waals surface area contributed by atoms with Crippen molar-refractivity contribution in [2.45, 2.75) is 39.5 Å². The van der Waals surface area contributed by atoms with Crippen LogP contribution in [0, 0.1) is 0 Å². The lowest BCUT2D eigenvalue weighted by atomic mass is 10.2. The third kappa shape index (κ3) is 4.31. The highest BCUT2D eigenvalue weighted by molar-refractivity contribution is 5.26. The maximum atomic E-state index is 5.64. The van der Waals surface area contributed by atoms with E-state index >= 15 is 0 Å². The molecule has 0 aromatic heterocycles. The largest absolute Gasteiger partial charge is 0.494 e. The zero-order chi connectivity index (χ0) is 10.2. The zero-order valence-electron chi connectivity index (χ0n) is 9.25. The molecule has 0 fully saturated rings. The first-order chi connectivity index (χ1) is 6.83. The van der Waals surface area contributed by atoms with E-state index in [2.05, 4.69) is 38.2 Å². The second-order valence-corrected chi connectivity index (χ2v) is 3.74. The zero-order valence-corrected chi connectivity index (χ0v) is 9.25. The highest BCUT2D eigenvalue weighted by Crippen LogP contribution is 2.11. The van der Waals surface area contributed by atoms with Gasteiger partial charge in [0, 0.05) is 0 Å². The van der Waals surface area contributed by atoms with Crippen LogP contribution in [-0.4, -0.2) is 6.61 Å². The summed E-state index contributed by atoms with van der Waals surface area (Å²) in [6.45, 7) is 5.19. The molecule has 1 heteroatoms. The molecule has 0 saturated carbocycles. The second kappa shape index (κ2) is 6.47. The Kier molecular flexibility index (Phi) is 5.13. The lowest BCUT2D eigenvalue weighted by Crippen LogP contribution is -1.92. The molecule has 0 unspecified atom stereocenters. The minimum atomic E-state index is 0.844. The van der Waals surface area contributed by atoms with Gasteiger partial charge in [0.05, 0.1) is 6.61 Å². The molecule has 0 saturated heterocycles. The summed E-state index contributed by atoms with van der Waals surface area (Å²) in [6, 6.07) is 0. The van der Waals surface area contributed by atoms with Gasteiger partial charge in [0.15, 0.2) is 0 Å². The SMILES string of the molecule is CCCCCOC1=CC=C(C)CC=C1. The highest BCUT2D eigenvalue weighted by Gasteiger charge is 1.96. The Balaban J connectivity index is 2.30. The molecule has 78 valence electrons. The maximum absolute atomic E-state index is 5.64. The van der Waals surface area contributed by atoms with E-state index in [1.165, 1.54) is 18.4 Å². The van der Waals surface area contributed by atoms with E-state index < -0.39 is 0 Å². The predicted octanol–water partition coefficient (Wildman–Crippen LogP) is 3.98. The van der Waals surface area contributed by atoms with Crippen LogP contribution in [0.25, 0.3) is 0 Å². The van der Waals surface area contributed by atoms with Gasteiger partial charge in [-0.25, -0.2) is 0 Å². The molecule has 0 amide bonds. The van der Waals surface area contributed by atoms with Gasteiger partial charge in [0.1, 0.15) is 5.76 Å². The van der Waals surface area contributed by atoms with Crippen molar-refractivity contribution in [3.63, 3.8) is 0 Å². The van der Waals surface area contributed by atoms with Gasteiger partial charge in [-0.15, -0.1) is 0 Å². The Morgan fingerprint density at radius 1 is 1.29 bits per heavy atom. The van der Waals surface area contributed by atoms with E-state index in [1.807, 2.05) is 0 Å². The van der Waals surface area contributed by atoms with Crippen LogP contribution in [0.4, 0.5) is 0 Å². The Hall–Kier alpha value is -0.980. The van der Waals surface area contributed by atoms with Gasteiger partial charge in [-0.1, -0.05) is 37.5 Å². The van der Waals surface area contributed by atoms with E-state index in [0.29, 0.717) is 0 Å². The van der Waals surface area contributed by atoms with E-state index in [9.17, 15) is 0 Å². The Labute approximate surface area is 87.2 Å². The van der Waals surface area contributed by atoms with Crippen molar-refractivity contribution in [3.8, 4) is 0 Å². The highest BCUT2D eigenvalue weighted by atomic mass is 16.5. The molecule has 14 heavy (non-hydrogen) atoms. The minimum absolute atomic E-state index is 0.844. The molecule has 0 heterocycles. The molecule has 0 aliphatic heterocycles. The first kappa shape index (κ1) is 11.1. The van der Waals surface area contributed by atoms with Crippen LogP contribution in [0.1, 0.15) is 39.5 Å². The number of unbranched alkanes of at least 4 members (excludes halogenated alkanes) is 2. The van der Waals surface area contributed by atoms with Gasteiger partial charge in [-0.3, -0.25) is 0 Å². The predicted molar refractivity (Wildman–Crippen MR) is 61.1 cm³/mol. The summed E-state index contributed by atoms with van der Waals surface area (Å²) in [5, 5.41) is 0. The van der Waals surface area contributed by atoms with Crippen molar-refractivity contribution in [2.24, 2.45) is 0 Å². The summed E-state index contributed by atoms with van der Waals surface area (Å²) >= 11 is 0. The first-order valence-electron chi connectivity index (χ1n) is 5.49. The van der Waals surface area contributed by atoms with Gasteiger partial charge in [-0.05, 0) is 31.9 Å². The molecule has 1 aliphatic carbocycles. The van der Waals surface area contributed by atoms with Crippen LogP contribution < -0.4 is 0 Å². The number of hydrogen-bond acceptors (Lipinski definition) is 1. The first-order valence-corrected chi connectivity index (χ1v) is 5.49. The summed E-state index contributed by atoms with van der Waals surface area (Å²) in [5.74, 6) is 0.998. The van der Waals surface area contributed by atoms with Crippen molar-refractivity contribution in [1.82, 2.24) is 0 Å². The molecule has 0 spiro atoms. The topological polar surface area (TPSA) is 9.23 Å². The van der Waals surface area contributed by atoms with Crippen molar-refractivity contribution >= 4 is 0 Å². The quantitative estimate of drug-likeness (QED) is 0.599. The second-order valence-electron chi connectivity index (χ2n) is 3.74. The summed E-state index contributed by atoms with van der Waals surface area (Å²) in [6.07, 6.45) is 13.1. The molecule has 1 aliphatic rings. The molecule has 0 radical (unpaired) electrons. The molecule has 0 N–H and O–H groups in total. The fourth-order valence-electron chi connectivity index (χ4n) is 1.35. The van der Waals surface area contributed by atoms with Crippen molar-refractivity contribution < 1.29 is 4.74 Å². The van der Waals surface area contributed by atoms with Crippen molar-refractivity contribution in [2.75, 3.05) is 6.61 Å². The molecule has 0 aromatic carbocycles. The molecular weight excluding hydrogens is 172 g/mol. The van der Waals surface area contributed by atoms with E-state index in [4.69, 9.17) is 4.74 Å². The van der Waals surface area contributed by atoms with Gasteiger partial charge in [0.2, 0.25) is 0 Å². The Morgan fingerprint density at radius 2 is 2.14 bits per heavy atom. The summed E-state index contributed by atoms with van der Waals surface area (Å²) in [5.41, 5.74) is 1.38. The van der Waals surface area contributed by atoms with Gasteiger partial charge in [0.25, 0.3) is 0 Å². The van der Waals surface area contributed by atoms with Crippen LogP contribution in [0.3, 0.4) is 0 Å². The van der Waals surface area contributed by atoms with E-state index in [-0.39, 0.29) is 0 Å². The third-order valence-electron chi connectivity index (χ3n) is 2.27. The number of ether oxygens (including phenoxy) is 1. The smallest absolute Gasteiger partial charge is 0.118 e. The average Bonchev–Trinajstić information content (AvgIpc) is 2.38. The third-order valence-corrected chi connectivity index (χ3v) is 2.27. The van der Waals surface area contributed by atoms with Gasteiger partial charge >= 0.3 is 0 Å². The summed E-state index contributed by atoms with van der Waals surface area (Å²) in [7, 11) is 0. The standard InChI is InChI=1S/C13H20O/c1-3-4-5-11-14-13-8-6-7-12(2)9-10-13/h6,8-10H,3-5,7,11H2,1-2H3. The molecular formula is C13H20O. The fourth-order valence-corrected chi connectivity index (χ4v) is 1.35. The monoisotopic (exact) mass is 192 g/mol. The molecule has 0 bridgehead atoms. The number of hydrogen-bond donors (Lipinski definition) is 0. The van der Waals surface area contributed by atoms with Crippen LogP contribution in [0.15, 0.2) is 35.6 Å². The van der Waals surface area contributed by atoms with Crippen LogP contribution in [-0.2, 0) is 4.74 Å². The number of rotatable bonds is 5. The lowest BCUT2D eigenvalue weighted by Gasteiger charge is -2.04. The molecule has 0 aromatic rings. The van der Waals surface area contributed by atoms with Gasteiger partial charge in [-0.2, -0.15) is 0 Å². The summed E-state index contributed by atoms with van der Waals surface area (Å²) < 4.78 is 5.64. The Bertz CT molecular complexity index is 246. The lowest BCUT2D eigenvalue weighted by molar-refractivity contribution is 0.217. The maximum Gasteiger partial charge on any atom is 0.118 e. The summed E-state index contributed by atoms with van der Waals surface area (Å²) in [4.78, 5) is 0. The minimum Gasteiger partial charge on any atom is -0.494 e. The van der Waals surface area contributed by atoms with Crippen LogP contribution in [0.2, 0.25) is 0 Å². The van der Waals surface area contributed by atoms with Crippen molar-refractivity contribution in [3.05, 3.63) is 35.6 Å². The number of allylic oxidation sites excluding steroid dienone is 5. The van der Waals surface area contributed by atoms with Crippen molar-refractivity contribution in [1.29, 1.82) is 0 Å². The molecule has 0 atom stereocenters. The molecule has 1 nitrogen and oxygen atoms in total. The van der Waals surface area contributed by atoms with Gasteiger partial charge < -0.3 is 4.74 Å². The molecule has 1 rings (SSSR count). The normalized spacial score (nSPS) is 15.9. The van der Waals surface area contributed by atoms with Crippen LogP contribution in [0.5, 0.6) is 0 Å². The fraction of sp³-hybridized carbons (Fsp3) is 0.538. The Morgan fingerprint density at radius 3 is 2.93 bits per heavy atom. The van der Waals surface area contributed by atoms with E-state index in [0.717, 1.165) is 25.2 Å². The average molecular weight is 192 g/mol.